The molecule has 0 atom stereocenters. The minimum atomic E-state index is -1.36. The van der Waals surface area contributed by atoms with Crippen molar-refractivity contribution in [2.24, 2.45) is 17.3 Å². The second-order valence-corrected chi connectivity index (χ2v) is 3.81. The van der Waals surface area contributed by atoms with Crippen molar-refractivity contribution in [3.63, 3.8) is 0 Å². The minimum Gasteiger partial charge on any atom is -0.481 e. The maximum Gasteiger partial charge on any atom is 0.319 e. The molecule has 4 nitrogen and oxygen atoms in total. The molecule has 0 aromatic heterocycles. The van der Waals surface area contributed by atoms with Crippen LogP contribution in [0.2, 0.25) is 0 Å². The van der Waals surface area contributed by atoms with E-state index in [1.807, 2.05) is 12.2 Å². The number of fused-ring (bicyclic) bond motifs is 2. The Morgan fingerprint density at radius 2 is 1.71 bits per heavy atom. The number of carboxylic acid groups (broad SMARTS) is 2. The number of carbonyl (C=O) groups is 2. The molecule has 2 N–H and O–H groups in total. The van der Waals surface area contributed by atoms with Crippen molar-refractivity contribution in [3.05, 3.63) is 24.3 Å². The lowest BCUT2D eigenvalue weighted by Crippen LogP contribution is -2.37. The van der Waals surface area contributed by atoms with Crippen molar-refractivity contribution in [2.75, 3.05) is 0 Å². The summed E-state index contributed by atoms with van der Waals surface area (Å²) in [6.45, 7) is 0. The summed E-state index contributed by atoms with van der Waals surface area (Å²) >= 11 is 0. The molecule has 0 spiro atoms. The van der Waals surface area contributed by atoms with Gasteiger partial charge in [0.05, 0.1) is 0 Å². The molecule has 0 aromatic rings. The molecule has 14 heavy (non-hydrogen) atoms. The molecule has 0 aliphatic heterocycles. The van der Waals surface area contributed by atoms with Crippen molar-refractivity contribution >= 4 is 11.9 Å². The topological polar surface area (TPSA) is 74.6 Å². The van der Waals surface area contributed by atoms with Gasteiger partial charge in [-0.1, -0.05) is 24.3 Å². The van der Waals surface area contributed by atoms with E-state index in [1.165, 1.54) is 0 Å². The maximum atomic E-state index is 10.9. The molecule has 2 bridgehead atoms. The Kier molecular flexibility index (Phi) is 1.74. The lowest BCUT2D eigenvalue weighted by molar-refractivity contribution is -0.158. The van der Waals surface area contributed by atoms with Crippen LogP contribution in [-0.4, -0.2) is 22.2 Å². The van der Waals surface area contributed by atoms with Gasteiger partial charge in [-0.25, -0.2) is 0 Å². The van der Waals surface area contributed by atoms with E-state index in [0.29, 0.717) is 6.42 Å². The van der Waals surface area contributed by atoms with E-state index in [2.05, 4.69) is 0 Å². The maximum absolute atomic E-state index is 10.9. The molecule has 0 saturated carbocycles. The first kappa shape index (κ1) is 8.99. The normalized spacial score (nSPS) is 32.8. The summed E-state index contributed by atoms with van der Waals surface area (Å²) in [5, 5.41) is 17.7. The quantitative estimate of drug-likeness (QED) is 0.517. The standard InChI is InChI=1S/C10H10O4/c11-8(12)7(9(13)14)10-3-1-6(5-10)2-4-10/h1-4,6-7H,5H2,(H,11,12)(H,13,14). The van der Waals surface area contributed by atoms with E-state index in [0.717, 1.165) is 0 Å². The Bertz CT molecular complexity index is 325. The number of aliphatic carboxylic acids is 2. The minimum absolute atomic E-state index is 0.219. The predicted octanol–water partition coefficient (Wildman–Crippen LogP) is 0.904. The number of hydrogen-bond donors (Lipinski definition) is 2. The van der Waals surface area contributed by atoms with E-state index in [1.54, 1.807) is 12.2 Å². The zero-order valence-corrected chi connectivity index (χ0v) is 7.38. The van der Waals surface area contributed by atoms with Gasteiger partial charge >= 0.3 is 11.9 Å². The molecule has 2 aliphatic carbocycles. The van der Waals surface area contributed by atoms with Gasteiger partial charge in [0.25, 0.3) is 0 Å². The van der Waals surface area contributed by atoms with E-state index in [9.17, 15) is 9.59 Å². The average Bonchev–Trinajstić information content (AvgIpc) is 2.61. The molecule has 0 saturated heterocycles. The van der Waals surface area contributed by atoms with Crippen molar-refractivity contribution in [1.29, 1.82) is 0 Å². The highest BCUT2D eigenvalue weighted by atomic mass is 16.4. The first-order chi connectivity index (χ1) is 6.55. The lowest BCUT2D eigenvalue weighted by atomic mass is 9.76. The molecule has 0 fully saturated rings. The average molecular weight is 194 g/mol. The highest BCUT2D eigenvalue weighted by Crippen LogP contribution is 2.49. The Hall–Kier alpha value is -1.58. The summed E-state index contributed by atoms with van der Waals surface area (Å²) in [5.41, 5.74) is -0.789. The van der Waals surface area contributed by atoms with E-state index in [-0.39, 0.29) is 5.92 Å². The SMILES string of the molecule is O=C(O)C(C(=O)O)C12C=CC(C=C1)C2. The van der Waals surface area contributed by atoms with Gasteiger partial charge in [-0.15, -0.1) is 0 Å². The number of hydrogen-bond acceptors (Lipinski definition) is 2. The van der Waals surface area contributed by atoms with Crippen molar-refractivity contribution in [2.45, 2.75) is 6.42 Å². The highest BCUT2D eigenvalue weighted by Gasteiger charge is 2.50. The van der Waals surface area contributed by atoms with Gasteiger partial charge < -0.3 is 10.2 Å². The van der Waals surface area contributed by atoms with Gasteiger partial charge in [-0.3, -0.25) is 9.59 Å². The molecule has 0 amide bonds. The van der Waals surface area contributed by atoms with Gasteiger partial charge in [0.2, 0.25) is 0 Å². The molecule has 0 aromatic carbocycles. The summed E-state index contributed by atoms with van der Waals surface area (Å²) < 4.78 is 0. The van der Waals surface area contributed by atoms with Crippen molar-refractivity contribution in [1.82, 2.24) is 0 Å². The second kappa shape index (κ2) is 2.70. The molecule has 0 heterocycles. The van der Waals surface area contributed by atoms with Crippen LogP contribution in [0.3, 0.4) is 0 Å². The molecule has 74 valence electrons. The van der Waals surface area contributed by atoms with Crippen LogP contribution in [0.1, 0.15) is 6.42 Å². The first-order valence-corrected chi connectivity index (χ1v) is 4.39. The summed E-state index contributed by atoms with van der Waals surface area (Å²) in [4.78, 5) is 21.7. The van der Waals surface area contributed by atoms with Crippen LogP contribution in [0.4, 0.5) is 0 Å². The summed E-state index contributed by atoms with van der Waals surface area (Å²) in [5.74, 6) is -3.68. The zero-order chi connectivity index (χ0) is 10.3. The lowest BCUT2D eigenvalue weighted by Gasteiger charge is -2.25. The molecule has 2 rings (SSSR count). The van der Waals surface area contributed by atoms with Crippen LogP contribution in [0.5, 0.6) is 0 Å². The van der Waals surface area contributed by atoms with E-state index >= 15 is 0 Å². The largest absolute Gasteiger partial charge is 0.481 e. The molecular formula is C10H10O4. The van der Waals surface area contributed by atoms with E-state index < -0.39 is 23.3 Å². The third-order valence-electron chi connectivity index (χ3n) is 2.93. The predicted molar refractivity (Wildman–Crippen MR) is 47.6 cm³/mol. The van der Waals surface area contributed by atoms with Crippen LogP contribution < -0.4 is 0 Å². The Balaban J connectivity index is 2.36. The van der Waals surface area contributed by atoms with Gasteiger partial charge in [-0.05, 0) is 12.3 Å². The number of rotatable bonds is 3. The molecule has 4 heteroatoms. The Morgan fingerprint density at radius 1 is 1.21 bits per heavy atom. The monoisotopic (exact) mass is 194 g/mol. The first-order valence-electron chi connectivity index (χ1n) is 4.39. The fraction of sp³-hybridized carbons (Fsp3) is 0.400. The second-order valence-electron chi connectivity index (χ2n) is 3.81. The fourth-order valence-corrected chi connectivity index (χ4v) is 2.28. The smallest absolute Gasteiger partial charge is 0.319 e. The van der Waals surface area contributed by atoms with Crippen LogP contribution in [-0.2, 0) is 9.59 Å². The molecule has 0 unspecified atom stereocenters. The van der Waals surface area contributed by atoms with Crippen LogP contribution in [0.15, 0.2) is 24.3 Å². The van der Waals surface area contributed by atoms with Gasteiger partial charge in [-0.2, -0.15) is 0 Å². The highest BCUT2D eigenvalue weighted by molar-refractivity contribution is 5.95. The zero-order valence-electron chi connectivity index (χ0n) is 7.38. The van der Waals surface area contributed by atoms with Crippen LogP contribution in [0.25, 0.3) is 0 Å². The van der Waals surface area contributed by atoms with Gasteiger partial charge in [0, 0.05) is 5.41 Å². The Morgan fingerprint density at radius 3 is 2.00 bits per heavy atom. The van der Waals surface area contributed by atoms with Crippen LogP contribution in [0, 0.1) is 17.3 Å². The summed E-state index contributed by atoms with van der Waals surface area (Å²) in [7, 11) is 0. The third kappa shape index (κ3) is 1.07. The molecule has 0 radical (unpaired) electrons. The van der Waals surface area contributed by atoms with Crippen LogP contribution >= 0.6 is 0 Å². The van der Waals surface area contributed by atoms with Gasteiger partial charge in [0.1, 0.15) is 0 Å². The number of carboxylic acids is 2. The number of allylic oxidation sites excluding steroid dienone is 4. The van der Waals surface area contributed by atoms with Gasteiger partial charge in [0.15, 0.2) is 5.92 Å². The van der Waals surface area contributed by atoms with Crippen molar-refractivity contribution < 1.29 is 19.8 Å². The summed E-state index contributed by atoms with van der Waals surface area (Å²) in [6, 6.07) is 0. The third-order valence-corrected chi connectivity index (χ3v) is 2.93. The summed E-state index contributed by atoms with van der Waals surface area (Å²) in [6.07, 6.45) is 7.75. The van der Waals surface area contributed by atoms with E-state index in [4.69, 9.17) is 10.2 Å². The molecule has 2 aliphatic rings. The van der Waals surface area contributed by atoms with Crippen molar-refractivity contribution in [3.8, 4) is 0 Å². The fourth-order valence-electron chi connectivity index (χ4n) is 2.28. The Labute approximate surface area is 80.5 Å². The molecular weight excluding hydrogens is 184 g/mol.